The standard InChI is InChI=1S/C16H14N4O/c1-11-8-15(19-18-11)16(21)20-17-10-12-6-7-13-4-2-3-5-14(13)9-12/h2-10H,1H3,(H,18,19)(H,20,21)/b17-10-. The molecular formula is C16H14N4O. The Hall–Kier alpha value is -2.95. The van der Waals surface area contributed by atoms with Crippen molar-refractivity contribution >= 4 is 22.9 Å². The van der Waals surface area contributed by atoms with Crippen LogP contribution in [-0.2, 0) is 0 Å². The highest BCUT2D eigenvalue weighted by molar-refractivity contribution is 5.94. The van der Waals surface area contributed by atoms with Crippen molar-refractivity contribution in [3.8, 4) is 0 Å². The van der Waals surface area contributed by atoms with Crippen molar-refractivity contribution in [1.29, 1.82) is 0 Å². The average Bonchev–Trinajstić information content (AvgIpc) is 2.94. The summed E-state index contributed by atoms with van der Waals surface area (Å²) < 4.78 is 0. The van der Waals surface area contributed by atoms with E-state index in [1.54, 1.807) is 12.3 Å². The maximum absolute atomic E-state index is 11.8. The number of fused-ring (bicyclic) bond motifs is 1. The zero-order chi connectivity index (χ0) is 14.7. The molecule has 1 heterocycles. The molecule has 0 fully saturated rings. The summed E-state index contributed by atoms with van der Waals surface area (Å²) in [6.07, 6.45) is 1.61. The van der Waals surface area contributed by atoms with E-state index in [4.69, 9.17) is 0 Å². The van der Waals surface area contributed by atoms with Crippen LogP contribution in [0.1, 0.15) is 21.7 Å². The van der Waals surface area contributed by atoms with E-state index in [1.165, 1.54) is 5.39 Å². The Labute approximate surface area is 121 Å². The molecule has 0 atom stereocenters. The number of aromatic amines is 1. The van der Waals surface area contributed by atoms with Crippen LogP contribution >= 0.6 is 0 Å². The first-order valence-corrected chi connectivity index (χ1v) is 6.56. The zero-order valence-electron chi connectivity index (χ0n) is 11.5. The first-order chi connectivity index (χ1) is 10.2. The molecule has 3 aromatic rings. The molecule has 0 aliphatic heterocycles. The largest absolute Gasteiger partial charge is 0.291 e. The zero-order valence-corrected chi connectivity index (χ0v) is 11.5. The minimum Gasteiger partial charge on any atom is -0.282 e. The second-order valence-corrected chi connectivity index (χ2v) is 4.74. The minimum atomic E-state index is -0.337. The van der Waals surface area contributed by atoms with Crippen LogP contribution in [-0.4, -0.2) is 22.3 Å². The van der Waals surface area contributed by atoms with Gasteiger partial charge in [-0.05, 0) is 35.4 Å². The Morgan fingerprint density at radius 1 is 1.19 bits per heavy atom. The van der Waals surface area contributed by atoms with Gasteiger partial charge in [0.2, 0.25) is 0 Å². The van der Waals surface area contributed by atoms with E-state index in [2.05, 4.69) is 26.8 Å². The maximum Gasteiger partial charge on any atom is 0.291 e. The van der Waals surface area contributed by atoms with E-state index in [-0.39, 0.29) is 5.91 Å². The van der Waals surface area contributed by atoms with Crippen molar-refractivity contribution < 1.29 is 4.79 Å². The van der Waals surface area contributed by atoms with Gasteiger partial charge < -0.3 is 0 Å². The summed E-state index contributed by atoms with van der Waals surface area (Å²) in [6, 6.07) is 15.7. The average molecular weight is 278 g/mol. The Morgan fingerprint density at radius 3 is 2.76 bits per heavy atom. The van der Waals surface area contributed by atoms with Crippen LogP contribution in [0.4, 0.5) is 0 Å². The van der Waals surface area contributed by atoms with Crippen molar-refractivity contribution in [2.24, 2.45) is 5.10 Å². The molecule has 0 saturated heterocycles. The molecule has 0 radical (unpaired) electrons. The van der Waals surface area contributed by atoms with Gasteiger partial charge in [0, 0.05) is 5.69 Å². The second kappa shape index (κ2) is 5.58. The molecule has 3 rings (SSSR count). The molecule has 0 spiro atoms. The molecule has 2 aromatic carbocycles. The fourth-order valence-corrected chi connectivity index (χ4v) is 2.05. The summed E-state index contributed by atoms with van der Waals surface area (Å²) in [6.45, 7) is 1.84. The monoisotopic (exact) mass is 278 g/mol. The summed E-state index contributed by atoms with van der Waals surface area (Å²) >= 11 is 0. The molecule has 0 bridgehead atoms. The van der Waals surface area contributed by atoms with Gasteiger partial charge in [-0.15, -0.1) is 0 Å². The smallest absolute Gasteiger partial charge is 0.282 e. The van der Waals surface area contributed by atoms with E-state index in [1.807, 2.05) is 43.3 Å². The van der Waals surface area contributed by atoms with Gasteiger partial charge in [0.05, 0.1) is 6.21 Å². The third-order valence-corrected chi connectivity index (χ3v) is 3.09. The lowest BCUT2D eigenvalue weighted by Gasteiger charge is -1.99. The maximum atomic E-state index is 11.8. The summed E-state index contributed by atoms with van der Waals surface area (Å²) in [7, 11) is 0. The lowest BCUT2D eigenvalue weighted by Crippen LogP contribution is -2.17. The molecule has 1 aromatic heterocycles. The van der Waals surface area contributed by atoms with Gasteiger partial charge in [-0.3, -0.25) is 9.89 Å². The van der Waals surface area contributed by atoms with E-state index < -0.39 is 0 Å². The topological polar surface area (TPSA) is 70.1 Å². The highest BCUT2D eigenvalue weighted by atomic mass is 16.2. The highest BCUT2D eigenvalue weighted by Gasteiger charge is 2.07. The highest BCUT2D eigenvalue weighted by Crippen LogP contribution is 2.14. The Kier molecular flexibility index (Phi) is 3.47. The van der Waals surface area contributed by atoms with Crippen molar-refractivity contribution in [2.45, 2.75) is 6.92 Å². The number of aromatic nitrogens is 2. The van der Waals surface area contributed by atoms with E-state index in [0.717, 1.165) is 16.6 Å². The molecule has 0 aliphatic rings. The molecule has 2 N–H and O–H groups in total. The predicted octanol–water partition coefficient (Wildman–Crippen LogP) is 2.64. The van der Waals surface area contributed by atoms with Crippen LogP contribution in [0, 0.1) is 6.92 Å². The van der Waals surface area contributed by atoms with Crippen LogP contribution in [0.15, 0.2) is 53.6 Å². The van der Waals surface area contributed by atoms with E-state index >= 15 is 0 Å². The number of benzene rings is 2. The normalized spacial score (nSPS) is 11.1. The SMILES string of the molecule is Cc1cc(C(=O)N/N=C\c2ccc3ccccc3c2)n[nH]1. The van der Waals surface area contributed by atoms with Crippen molar-refractivity contribution in [2.75, 3.05) is 0 Å². The molecule has 21 heavy (non-hydrogen) atoms. The summed E-state index contributed by atoms with van der Waals surface area (Å²) in [4.78, 5) is 11.8. The molecular weight excluding hydrogens is 264 g/mol. The number of nitrogens with one attached hydrogen (secondary N) is 2. The van der Waals surface area contributed by atoms with E-state index in [9.17, 15) is 4.79 Å². The van der Waals surface area contributed by atoms with Gasteiger partial charge >= 0.3 is 0 Å². The number of hydrogen-bond acceptors (Lipinski definition) is 3. The number of carbonyl (C=O) groups is 1. The summed E-state index contributed by atoms with van der Waals surface area (Å²) in [5.74, 6) is -0.337. The van der Waals surface area contributed by atoms with Gasteiger partial charge in [-0.1, -0.05) is 36.4 Å². The minimum absolute atomic E-state index is 0.322. The predicted molar refractivity (Wildman–Crippen MR) is 82.3 cm³/mol. The number of hydrazone groups is 1. The van der Waals surface area contributed by atoms with Crippen LogP contribution in [0.5, 0.6) is 0 Å². The van der Waals surface area contributed by atoms with Gasteiger partial charge in [-0.25, -0.2) is 5.43 Å². The third kappa shape index (κ3) is 2.97. The number of H-pyrrole nitrogens is 1. The first-order valence-electron chi connectivity index (χ1n) is 6.56. The fraction of sp³-hybridized carbons (Fsp3) is 0.0625. The van der Waals surface area contributed by atoms with Crippen LogP contribution in [0.2, 0.25) is 0 Å². The lowest BCUT2D eigenvalue weighted by molar-refractivity contribution is 0.0950. The third-order valence-electron chi connectivity index (χ3n) is 3.09. The Morgan fingerprint density at radius 2 is 2.00 bits per heavy atom. The van der Waals surface area contributed by atoms with Crippen LogP contribution in [0.25, 0.3) is 10.8 Å². The number of hydrogen-bond donors (Lipinski definition) is 2. The lowest BCUT2D eigenvalue weighted by atomic mass is 10.1. The molecule has 1 amide bonds. The quantitative estimate of drug-likeness (QED) is 0.571. The number of amides is 1. The number of rotatable bonds is 3. The number of nitrogens with zero attached hydrogens (tertiary/aromatic N) is 2. The fourth-order valence-electron chi connectivity index (χ4n) is 2.05. The van der Waals surface area contributed by atoms with Crippen molar-refractivity contribution in [3.63, 3.8) is 0 Å². The Balaban J connectivity index is 1.71. The van der Waals surface area contributed by atoms with Gasteiger partial charge in [0.1, 0.15) is 0 Å². The molecule has 5 nitrogen and oxygen atoms in total. The van der Waals surface area contributed by atoms with Crippen LogP contribution < -0.4 is 5.43 Å². The summed E-state index contributed by atoms with van der Waals surface area (Å²) in [5, 5.41) is 12.8. The second-order valence-electron chi connectivity index (χ2n) is 4.74. The molecule has 0 aliphatic carbocycles. The first kappa shape index (κ1) is 13.1. The van der Waals surface area contributed by atoms with Crippen LogP contribution in [0.3, 0.4) is 0 Å². The molecule has 0 unspecified atom stereocenters. The van der Waals surface area contributed by atoms with E-state index in [0.29, 0.717) is 5.69 Å². The molecule has 104 valence electrons. The van der Waals surface area contributed by atoms with Gasteiger partial charge in [-0.2, -0.15) is 10.2 Å². The van der Waals surface area contributed by atoms with Crippen molar-refractivity contribution in [3.05, 3.63) is 65.5 Å². The van der Waals surface area contributed by atoms with Gasteiger partial charge in [0.25, 0.3) is 5.91 Å². The van der Waals surface area contributed by atoms with Crippen molar-refractivity contribution in [1.82, 2.24) is 15.6 Å². The Bertz CT molecular complexity index is 820. The summed E-state index contributed by atoms with van der Waals surface area (Å²) in [5.41, 5.74) is 4.53. The number of carbonyl (C=O) groups excluding carboxylic acids is 1. The number of aryl methyl sites for hydroxylation is 1. The molecule has 5 heteroatoms. The van der Waals surface area contributed by atoms with Gasteiger partial charge in [0.15, 0.2) is 5.69 Å². The molecule has 0 saturated carbocycles.